The van der Waals surface area contributed by atoms with Crippen LogP contribution in [0.15, 0.2) is 30.6 Å². The Hall–Kier alpha value is -2.64. The lowest BCUT2D eigenvalue weighted by Gasteiger charge is -2.17. The average Bonchev–Trinajstić information content (AvgIpc) is 2.84. The van der Waals surface area contributed by atoms with Gasteiger partial charge in [0.15, 0.2) is 0 Å². The lowest BCUT2D eigenvalue weighted by atomic mass is 10.3. The van der Waals surface area contributed by atoms with E-state index < -0.39 is 0 Å². The number of halogens is 1. The van der Waals surface area contributed by atoms with Gasteiger partial charge in [-0.15, -0.1) is 5.10 Å². The van der Waals surface area contributed by atoms with E-state index in [2.05, 4.69) is 10.1 Å². The van der Waals surface area contributed by atoms with Crippen molar-refractivity contribution >= 4 is 11.9 Å². The molecule has 0 aliphatic carbocycles. The first kappa shape index (κ1) is 14.8. The molecule has 0 fully saturated rings. The minimum Gasteiger partial charge on any atom is -0.492 e. The van der Waals surface area contributed by atoms with Crippen molar-refractivity contribution in [3.05, 3.63) is 36.4 Å². The highest BCUT2D eigenvalue weighted by Gasteiger charge is 2.10. The van der Waals surface area contributed by atoms with Crippen LogP contribution in [-0.4, -0.2) is 45.8 Å². The number of aromatic nitrogens is 3. The average molecular weight is 293 g/mol. The molecule has 0 aliphatic heterocycles. The van der Waals surface area contributed by atoms with Crippen LogP contribution in [0.2, 0.25) is 0 Å². The number of carbonyl (C=O) groups excluding carboxylic acids is 1. The number of rotatable bonds is 6. The summed E-state index contributed by atoms with van der Waals surface area (Å²) in [5.74, 6) is 0.0447. The molecule has 112 valence electrons. The van der Waals surface area contributed by atoms with Crippen molar-refractivity contribution in [2.24, 2.45) is 0 Å². The largest absolute Gasteiger partial charge is 0.492 e. The van der Waals surface area contributed by atoms with Gasteiger partial charge in [0.05, 0.1) is 6.54 Å². The number of carbonyl (C=O) groups is 1. The fourth-order valence-corrected chi connectivity index (χ4v) is 1.63. The maximum Gasteiger partial charge on any atom is 0.244 e. The third-order valence-electron chi connectivity index (χ3n) is 2.77. The van der Waals surface area contributed by atoms with Gasteiger partial charge in [-0.25, -0.2) is 14.1 Å². The molecule has 0 saturated carbocycles. The third-order valence-corrected chi connectivity index (χ3v) is 2.77. The Bertz CT molecular complexity index is 616. The standard InChI is InChI=1S/C13H16FN5O2/c1-18(12(20)8-19-9-16-13(15)17-19)5-6-21-11-4-2-3-10(14)7-11/h2-4,7,9H,5-6,8H2,1H3,(H2,15,17). The van der Waals surface area contributed by atoms with Crippen LogP contribution in [0.25, 0.3) is 0 Å². The Morgan fingerprint density at radius 1 is 1.52 bits per heavy atom. The molecule has 0 aliphatic rings. The minimum atomic E-state index is -0.360. The summed E-state index contributed by atoms with van der Waals surface area (Å²) >= 11 is 0. The predicted octanol–water partition coefficient (Wildman–Crippen LogP) is 0.537. The van der Waals surface area contributed by atoms with Crippen molar-refractivity contribution in [3.63, 3.8) is 0 Å². The van der Waals surface area contributed by atoms with Crippen LogP contribution in [0.5, 0.6) is 5.75 Å². The van der Waals surface area contributed by atoms with Gasteiger partial charge >= 0.3 is 0 Å². The second-order valence-corrected chi connectivity index (χ2v) is 4.42. The number of anilines is 1. The molecule has 21 heavy (non-hydrogen) atoms. The summed E-state index contributed by atoms with van der Waals surface area (Å²) in [5, 5.41) is 3.83. The lowest BCUT2D eigenvalue weighted by Crippen LogP contribution is -2.33. The SMILES string of the molecule is CN(CCOc1cccc(F)c1)C(=O)Cn1cnc(N)n1. The van der Waals surface area contributed by atoms with E-state index in [9.17, 15) is 9.18 Å². The third kappa shape index (κ3) is 4.44. The minimum absolute atomic E-state index is 0.0562. The molecule has 0 unspecified atom stereocenters. The molecular weight excluding hydrogens is 277 g/mol. The maximum absolute atomic E-state index is 13.0. The summed E-state index contributed by atoms with van der Waals surface area (Å²) in [4.78, 5) is 17.1. The van der Waals surface area contributed by atoms with Gasteiger partial charge in [-0.2, -0.15) is 0 Å². The smallest absolute Gasteiger partial charge is 0.244 e. The van der Waals surface area contributed by atoms with Crippen molar-refractivity contribution < 1.29 is 13.9 Å². The van der Waals surface area contributed by atoms with Crippen molar-refractivity contribution in [1.82, 2.24) is 19.7 Å². The number of benzene rings is 1. The van der Waals surface area contributed by atoms with Gasteiger partial charge in [0.25, 0.3) is 0 Å². The van der Waals surface area contributed by atoms with Crippen LogP contribution in [0.1, 0.15) is 0 Å². The summed E-state index contributed by atoms with van der Waals surface area (Å²) in [6.45, 7) is 0.700. The number of likely N-dealkylation sites (N-methyl/N-ethyl adjacent to an activating group) is 1. The molecule has 0 saturated heterocycles. The van der Waals surface area contributed by atoms with Crippen LogP contribution >= 0.6 is 0 Å². The highest BCUT2D eigenvalue weighted by atomic mass is 19.1. The van der Waals surface area contributed by atoms with E-state index in [1.807, 2.05) is 0 Å². The molecule has 2 aromatic rings. The predicted molar refractivity (Wildman–Crippen MR) is 74.0 cm³/mol. The number of hydrogen-bond acceptors (Lipinski definition) is 5. The molecule has 1 amide bonds. The molecule has 1 aromatic carbocycles. The molecule has 2 N–H and O–H groups in total. The number of nitrogens with two attached hydrogens (primary N) is 1. The zero-order valence-electron chi connectivity index (χ0n) is 11.6. The van der Waals surface area contributed by atoms with Gasteiger partial charge in [-0.1, -0.05) is 6.07 Å². The van der Waals surface area contributed by atoms with E-state index in [0.717, 1.165) is 0 Å². The molecule has 0 bridgehead atoms. The normalized spacial score (nSPS) is 10.4. The fraction of sp³-hybridized carbons (Fsp3) is 0.308. The van der Waals surface area contributed by atoms with Crippen LogP contribution in [0, 0.1) is 5.82 Å². The first-order valence-electron chi connectivity index (χ1n) is 6.32. The molecular formula is C13H16FN5O2. The first-order chi connectivity index (χ1) is 10.0. The first-order valence-corrected chi connectivity index (χ1v) is 6.32. The Morgan fingerprint density at radius 2 is 2.33 bits per heavy atom. The molecule has 0 atom stereocenters. The maximum atomic E-state index is 13.0. The summed E-state index contributed by atoms with van der Waals surface area (Å²) in [5.41, 5.74) is 5.37. The topological polar surface area (TPSA) is 86.3 Å². The van der Waals surface area contributed by atoms with Crippen LogP contribution in [-0.2, 0) is 11.3 Å². The second kappa shape index (κ2) is 6.69. The second-order valence-electron chi connectivity index (χ2n) is 4.42. The monoisotopic (exact) mass is 293 g/mol. The quantitative estimate of drug-likeness (QED) is 0.840. The van der Waals surface area contributed by atoms with E-state index in [4.69, 9.17) is 10.5 Å². The Labute approximate surface area is 121 Å². The molecule has 0 spiro atoms. The van der Waals surface area contributed by atoms with Gasteiger partial charge < -0.3 is 15.4 Å². The highest BCUT2D eigenvalue weighted by molar-refractivity contribution is 5.75. The molecule has 7 nitrogen and oxygen atoms in total. The fourth-order valence-electron chi connectivity index (χ4n) is 1.63. The molecule has 0 radical (unpaired) electrons. The molecule has 1 aromatic heterocycles. The van der Waals surface area contributed by atoms with Crippen molar-refractivity contribution in [1.29, 1.82) is 0 Å². The lowest BCUT2D eigenvalue weighted by molar-refractivity contribution is -0.131. The summed E-state index contributed by atoms with van der Waals surface area (Å²) < 4.78 is 19.7. The molecule has 2 rings (SSSR count). The van der Waals surface area contributed by atoms with E-state index in [-0.39, 0.29) is 30.8 Å². The number of amides is 1. The highest BCUT2D eigenvalue weighted by Crippen LogP contribution is 2.11. The summed E-state index contributed by atoms with van der Waals surface area (Å²) in [7, 11) is 1.65. The van der Waals surface area contributed by atoms with Gasteiger partial charge in [-0.3, -0.25) is 4.79 Å². The van der Waals surface area contributed by atoms with Gasteiger partial charge in [0, 0.05) is 13.1 Å². The Balaban J connectivity index is 1.76. The zero-order chi connectivity index (χ0) is 15.2. The van der Waals surface area contributed by atoms with E-state index in [1.54, 1.807) is 19.2 Å². The van der Waals surface area contributed by atoms with E-state index >= 15 is 0 Å². The number of ether oxygens (including phenoxy) is 1. The van der Waals surface area contributed by atoms with Crippen molar-refractivity contribution in [2.75, 3.05) is 25.9 Å². The van der Waals surface area contributed by atoms with Crippen LogP contribution < -0.4 is 10.5 Å². The Morgan fingerprint density at radius 3 is 3.00 bits per heavy atom. The molecule has 8 heteroatoms. The van der Waals surface area contributed by atoms with Crippen molar-refractivity contribution in [3.8, 4) is 5.75 Å². The zero-order valence-corrected chi connectivity index (χ0v) is 11.6. The molecule has 1 heterocycles. The number of hydrogen-bond donors (Lipinski definition) is 1. The Kier molecular flexibility index (Phi) is 4.70. The number of nitrogen functional groups attached to an aromatic ring is 1. The summed E-state index contributed by atoms with van der Waals surface area (Å²) in [6, 6.07) is 5.85. The number of nitrogens with zero attached hydrogens (tertiary/aromatic N) is 4. The van der Waals surface area contributed by atoms with Gasteiger partial charge in [0.2, 0.25) is 11.9 Å². The van der Waals surface area contributed by atoms with Gasteiger partial charge in [-0.05, 0) is 12.1 Å². The van der Waals surface area contributed by atoms with Crippen LogP contribution in [0.4, 0.5) is 10.3 Å². The van der Waals surface area contributed by atoms with E-state index in [0.29, 0.717) is 12.3 Å². The van der Waals surface area contributed by atoms with E-state index in [1.165, 1.54) is 28.0 Å². The van der Waals surface area contributed by atoms with Crippen LogP contribution in [0.3, 0.4) is 0 Å². The summed E-state index contributed by atoms with van der Waals surface area (Å²) in [6.07, 6.45) is 1.39. The van der Waals surface area contributed by atoms with Gasteiger partial charge in [0.1, 0.15) is 31.0 Å². The van der Waals surface area contributed by atoms with Crippen molar-refractivity contribution in [2.45, 2.75) is 6.54 Å².